The van der Waals surface area contributed by atoms with Crippen molar-refractivity contribution in [2.24, 2.45) is 7.05 Å². The van der Waals surface area contributed by atoms with E-state index in [0.717, 1.165) is 10.9 Å². The van der Waals surface area contributed by atoms with Crippen LogP contribution >= 0.6 is 0 Å². The summed E-state index contributed by atoms with van der Waals surface area (Å²) in [6.07, 6.45) is 0. The van der Waals surface area contributed by atoms with Gasteiger partial charge in [-0.3, -0.25) is 4.68 Å². The van der Waals surface area contributed by atoms with Gasteiger partial charge in [-0.2, -0.15) is 0 Å². The van der Waals surface area contributed by atoms with Crippen LogP contribution in [0.15, 0.2) is 18.2 Å². The Kier molecular flexibility index (Phi) is 3.36. The first-order chi connectivity index (χ1) is 8.61. The zero-order chi connectivity index (χ0) is 13.1. The number of aliphatic carboxylic acids is 1. The molecule has 6 nitrogen and oxygen atoms in total. The molecule has 0 aliphatic carbocycles. The number of aromatic nitrogens is 2. The van der Waals surface area contributed by atoms with Crippen molar-refractivity contribution in [3.05, 3.63) is 18.2 Å². The molecule has 0 bridgehead atoms. The van der Waals surface area contributed by atoms with E-state index in [1.807, 2.05) is 20.0 Å². The van der Waals surface area contributed by atoms with E-state index < -0.39 is 5.97 Å². The minimum atomic E-state index is -1.01. The Morgan fingerprint density at radius 1 is 1.44 bits per heavy atom. The maximum Gasteiger partial charge on any atom is 0.341 e. The second kappa shape index (κ2) is 4.95. The van der Waals surface area contributed by atoms with Gasteiger partial charge in [0.2, 0.25) is 5.88 Å². The van der Waals surface area contributed by atoms with Gasteiger partial charge in [-0.25, -0.2) is 4.79 Å². The van der Waals surface area contributed by atoms with Gasteiger partial charge in [0.05, 0.1) is 17.5 Å². The van der Waals surface area contributed by atoms with E-state index in [4.69, 9.17) is 14.6 Å². The van der Waals surface area contributed by atoms with Crippen LogP contribution in [0.1, 0.15) is 6.92 Å². The van der Waals surface area contributed by atoms with Crippen LogP contribution in [0.25, 0.3) is 10.9 Å². The minimum Gasteiger partial charge on any atom is -0.482 e. The molecule has 0 amide bonds. The lowest BCUT2D eigenvalue weighted by molar-refractivity contribution is -0.139. The Morgan fingerprint density at radius 3 is 2.89 bits per heavy atom. The molecule has 0 saturated carbocycles. The van der Waals surface area contributed by atoms with Gasteiger partial charge >= 0.3 is 5.97 Å². The lowest BCUT2D eigenvalue weighted by atomic mass is 10.2. The molecular weight excluding hydrogens is 236 g/mol. The van der Waals surface area contributed by atoms with E-state index in [-0.39, 0.29) is 6.61 Å². The summed E-state index contributed by atoms with van der Waals surface area (Å²) in [5, 5.41) is 13.6. The minimum absolute atomic E-state index is 0.365. The summed E-state index contributed by atoms with van der Waals surface area (Å²) in [5.41, 5.74) is 0.904. The van der Waals surface area contributed by atoms with Gasteiger partial charge in [-0.05, 0) is 25.1 Å². The van der Waals surface area contributed by atoms with E-state index in [1.165, 1.54) is 0 Å². The summed E-state index contributed by atoms with van der Waals surface area (Å²) in [7, 11) is 1.82. The van der Waals surface area contributed by atoms with Crippen LogP contribution in [-0.2, 0) is 11.8 Å². The van der Waals surface area contributed by atoms with Crippen molar-refractivity contribution in [3.8, 4) is 11.6 Å². The predicted octanol–water partition coefficient (Wildman–Crippen LogP) is 1.44. The molecule has 18 heavy (non-hydrogen) atoms. The SMILES string of the molecule is CCOc1nn(C)c2ccc(OCC(=O)O)cc12. The third-order valence-corrected chi connectivity index (χ3v) is 2.43. The Labute approximate surface area is 104 Å². The van der Waals surface area contributed by atoms with Gasteiger partial charge < -0.3 is 14.6 Å². The fourth-order valence-electron chi connectivity index (χ4n) is 1.69. The van der Waals surface area contributed by atoms with Crippen LogP contribution in [0.5, 0.6) is 11.6 Å². The van der Waals surface area contributed by atoms with Crippen LogP contribution in [0.4, 0.5) is 0 Å². The standard InChI is InChI=1S/C12H14N2O4/c1-3-17-12-9-6-8(18-7-11(15)16)4-5-10(9)14(2)13-12/h4-6H,3,7H2,1-2H3,(H,15,16). The fraction of sp³-hybridized carbons (Fsp3) is 0.333. The molecule has 0 fully saturated rings. The number of nitrogens with zero attached hydrogens (tertiary/aromatic N) is 2. The number of aryl methyl sites for hydroxylation is 1. The van der Waals surface area contributed by atoms with Crippen LogP contribution in [0, 0.1) is 0 Å². The van der Waals surface area contributed by atoms with Gasteiger partial charge in [0.1, 0.15) is 5.75 Å². The summed E-state index contributed by atoms with van der Waals surface area (Å²) < 4.78 is 12.3. The Morgan fingerprint density at radius 2 is 2.22 bits per heavy atom. The number of fused-ring (bicyclic) bond motifs is 1. The van der Waals surface area contributed by atoms with Crippen molar-refractivity contribution in [2.45, 2.75) is 6.92 Å². The van der Waals surface area contributed by atoms with Crippen LogP contribution < -0.4 is 9.47 Å². The van der Waals surface area contributed by atoms with E-state index >= 15 is 0 Å². The fourth-order valence-corrected chi connectivity index (χ4v) is 1.69. The topological polar surface area (TPSA) is 73.6 Å². The molecule has 1 heterocycles. The zero-order valence-corrected chi connectivity index (χ0v) is 10.2. The van der Waals surface area contributed by atoms with Crippen molar-refractivity contribution in [3.63, 3.8) is 0 Å². The highest BCUT2D eigenvalue weighted by atomic mass is 16.5. The molecule has 1 N–H and O–H groups in total. The molecule has 0 atom stereocenters. The van der Waals surface area contributed by atoms with Gasteiger partial charge in [0.15, 0.2) is 6.61 Å². The summed E-state index contributed by atoms with van der Waals surface area (Å²) in [6, 6.07) is 5.26. The van der Waals surface area contributed by atoms with E-state index in [1.54, 1.807) is 16.8 Å². The van der Waals surface area contributed by atoms with E-state index in [9.17, 15) is 4.79 Å². The van der Waals surface area contributed by atoms with Crippen LogP contribution in [-0.4, -0.2) is 34.1 Å². The number of rotatable bonds is 5. The molecule has 2 aromatic rings. The number of carbonyl (C=O) groups is 1. The molecule has 1 aromatic carbocycles. The summed E-state index contributed by atoms with van der Waals surface area (Å²) in [6.45, 7) is 2.04. The van der Waals surface area contributed by atoms with Crippen LogP contribution in [0.3, 0.4) is 0 Å². The molecule has 0 saturated heterocycles. The number of carboxylic acid groups (broad SMARTS) is 1. The molecule has 0 unspecified atom stereocenters. The Bertz CT molecular complexity index is 577. The molecule has 96 valence electrons. The van der Waals surface area contributed by atoms with Crippen molar-refractivity contribution in [2.75, 3.05) is 13.2 Å². The Balaban J connectivity index is 2.36. The lowest BCUT2D eigenvalue weighted by Crippen LogP contribution is -2.09. The average Bonchev–Trinajstić information content (AvgIpc) is 2.64. The molecule has 0 aliphatic heterocycles. The monoisotopic (exact) mass is 250 g/mol. The van der Waals surface area contributed by atoms with Crippen LogP contribution in [0.2, 0.25) is 0 Å². The van der Waals surface area contributed by atoms with Crippen molar-refractivity contribution in [1.82, 2.24) is 9.78 Å². The maximum atomic E-state index is 10.4. The smallest absolute Gasteiger partial charge is 0.341 e. The van der Waals surface area contributed by atoms with E-state index in [0.29, 0.717) is 18.2 Å². The second-order valence-electron chi connectivity index (χ2n) is 3.72. The number of hydrogen-bond donors (Lipinski definition) is 1. The van der Waals surface area contributed by atoms with Crippen molar-refractivity contribution in [1.29, 1.82) is 0 Å². The number of ether oxygens (including phenoxy) is 2. The Hall–Kier alpha value is -2.24. The van der Waals surface area contributed by atoms with E-state index in [2.05, 4.69) is 5.10 Å². The largest absolute Gasteiger partial charge is 0.482 e. The first-order valence-corrected chi connectivity index (χ1v) is 5.56. The predicted molar refractivity (Wildman–Crippen MR) is 65.0 cm³/mol. The molecule has 1 aromatic heterocycles. The number of hydrogen-bond acceptors (Lipinski definition) is 4. The van der Waals surface area contributed by atoms with Gasteiger partial charge in [-0.1, -0.05) is 0 Å². The molecular formula is C12H14N2O4. The molecule has 2 rings (SSSR count). The summed E-state index contributed by atoms with van der Waals surface area (Å²) >= 11 is 0. The number of carboxylic acids is 1. The van der Waals surface area contributed by atoms with Crippen molar-refractivity contribution >= 4 is 16.9 Å². The normalized spacial score (nSPS) is 10.6. The summed E-state index contributed by atoms with van der Waals surface area (Å²) in [5.74, 6) is 0.000873. The average molecular weight is 250 g/mol. The summed E-state index contributed by atoms with van der Waals surface area (Å²) in [4.78, 5) is 10.4. The lowest BCUT2D eigenvalue weighted by Gasteiger charge is -2.03. The second-order valence-corrected chi connectivity index (χ2v) is 3.72. The van der Waals surface area contributed by atoms with Gasteiger partial charge in [0.25, 0.3) is 0 Å². The molecule has 0 aliphatic rings. The zero-order valence-electron chi connectivity index (χ0n) is 10.2. The van der Waals surface area contributed by atoms with Gasteiger partial charge in [-0.15, -0.1) is 5.10 Å². The highest BCUT2D eigenvalue weighted by Gasteiger charge is 2.10. The molecule has 6 heteroatoms. The molecule has 0 radical (unpaired) electrons. The van der Waals surface area contributed by atoms with Crippen molar-refractivity contribution < 1.29 is 19.4 Å². The maximum absolute atomic E-state index is 10.4. The first-order valence-electron chi connectivity index (χ1n) is 5.56. The highest BCUT2D eigenvalue weighted by molar-refractivity contribution is 5.86. The first kappa shape index (κ1) is 12.2. The van der Waals surface area contributed by atoms with Gasteiger partial charge in [0, 0.05) is 7.05 Å². The number of benzene rings is 1. The third kappa shape index (κ3) is 2.37. The highest BCUT2D eigenvalue weighted by Crippen LogP contribution is 2.28. The molecule has 0 spiro atoms. The quantitative estimate of drug-likeness (QED) is 0.869. The third-order valence-electron chi connectivity index (χ3n) is 2.43.